The van der Waals surface area contributed by atoms with Crippen molar-refractivity contribution in [2.24, 2.45) is 0 Å². The molecule has 260 valence electrons. The maximum atomic E-state index is 16.6. The van der Waals surface area contributed by atoms with Gasteiger partial charge in [-0.1, -0.05) is 24.3 Å². The molecule has 13 heteroatoms. The van der Waals surface area contributed by atoms with E-state index in [0.717, 1.165) is 58.2 Å². The summed E-state index contributed by atoms with van der Waals surface area (Å²) in [5, 5.41) is 7.21. The number of piperidine rings is 1. The Bertz CT molecular complexity index is 1940. The van der Waals surface area contributed by atoms with E-state index in [1.54, 1.807) is 18.2 Å². The van der Waals surface area contributed by atoms with Crippen molar-refractivity contribution in [2.45, 2.75) is 69.4 Å². The van der Waals surface area contributed by atoms with Crippen molar-refractivity contribution in [2.75, 3.05) is 46.5 Å². The number of aromatic amines is 1. The van der Waals surface area contributed by atoms with Crippen LogP contribution in [-0.2, 0) is 11.2 Å². The number of benzene rings is 2. The van der Waals surface area contributed by atoms with Crippen LogP contribution in [0.15, 0.2) is 35.1 Å². The predicted octanol–water partition coefficient (Wildman–Crippen LogP) is 5.23. The molecule has 0 spiro atoms. The Kier molecular flexibility index (Phi) is 9.14. The third-order valence-corrected chi connectivity index (χ3v) is 10.4. The lowest BCUT2D eigenvalue weighted by Crippen LogP contribution is -2.55. The van der Waals surface area contributed by atoms with Crippen LogP contribution in [0.25, 0.3) is 32.9 Å². The summed E-state index contributed by atoms with van der Waals surface area (Å²) in [6.45, 7) is 5.98. The summed E-state index contributed by atoms with van der Waals surface area (Å²) < 4.78 is 49.1. The second-order valence-corrected chi connectivity index (χ2v) is 13.7. The number of amides is 1. The summed E-state index contributed by atoms with van der Waals surface area (Å²) in [5.41, 5.74) is -0.849. The van der Waals surface area contributed by atoms with Crippen molar-refractivity contribution in [3.63, 3.8) is 0 Å². The summed E-state index contributed by atoms with van der Waals surface area (Å²) in [4.78, 5) is 39.7. The highest BCUT2D eigenvalue weighted by Gasteiger charge is 2.45. The number of halogens is 2. The predicted molar refractivity (Wildman–Crippen MR) is 181 cm³/mol. The molecule has 7 rings (SSSR count). The third kappa shape index (κ3) is 6.41. The van der Waals surface area contributed by atoms with Crippen molar-refractivity contribution in [3.8, 4) is 23.1 Å². The van der Waals surface area contributed by atoms with Gasteiger partial charge in [-0.15, -0.1) is 0 Å². The first-order valence-electron chi connectivity index (χ1n) is 17.1. The first-order valence-corrected chi connectivity index (χ1v) is 17.1. The van der Waals surface area contributed by atoms with E-state index in [2.05, 4.69) is 30.5 Å². The fourth-order valence-electron chi connectivity index (χ4n) is 7.92. The number of hydrogen-bond acceptors (Lipinski definition) is 9. The van der Waals surface area contributed by atoms with Crippen LogP contribution < -0.4 is 25.7 Å². The van der Waals surface area contributed by atoms with E-state index in [4.69, 9.17) is 14.2 Å². The van der Waals surface area contributed by atoms with E-state index in [9.17, 15) is 9.59 Å². The van der Waals surface area contributed by atoms with Crippen LogP contribution in [0.1, 0.15) is 57.4 Å². The number of aromatic nitrogens is 3. The molecule has 3 fully saturated rings. The van der Waals surface area contributed by atoms with Crippen LogP contribution in [0.4, 0.5) is 13.6 Å². The van der Waals surface area contributed by atoms with Gasteiger partial charge in [0.25, 0.3) is 11.6 Å². The minimum atomic E-state index is -0.846. The smallest absolute Gasteiger partial charge is 0.407 e. The zero-order chi connectivity index (χ0) is 34.2. The molecule has 1 unspecified atom stereocenters. The lowest BCUT2D eigenvalue weighted by atomic mass is 9.93. The number of hydrogen-bond donors (Lipinski definition) is 3. The second-order valence-electron chi connectivity index (χ2n) is 13.7. The van der Waals surface area contributed by atoms with E-state index in [0.29, 0.717) is 41.5 Å². The van der Waals surface area contributed by atoms with E-state index in [-0.39, 0.29) is 52.6 Å². The quantitative estimate of drug-likeness (QED) is 0.193. The van der Waals surface area contributed by atoms with Crippen molar-refractivity contribution in [1.29, 1.82) is 0 Å². The molecule has 2 aromatic carbocycles. The lowest BCUT2D eigenvalue weighted by molar-refractivity contribution is 0.107. The van der Waals surface area contributed by atoms with Gasteiger partial charge in [-0.2, -0.15) is 4.98 Å². The highest BCUT2D eigenvalue weighted by molar-refractivity contribution is 6.00. The van der Waals surface area contributed by atoms with Gasteiger partial charge in [-0.25, -0.2) is 18.6 Å². The van der Waals surface area contributed by atoms with E-state index < -0.39 is 23.3 Å². The molecule has 1 amide bonds. The van der Waals surface area contributed by atoms with Crippen LogP contribution >= 0.6 is 0 Å². The Labute approximate surface area is 282 Å². The van der Waals surface area contributed by atoms with Crippen molar-refractivity contribution < 1.29 is 27.8 Å². The number of ether oxygens (including phenoxy) is 3. The standard InChI is InChI=1S/C36H42F2N6O5/c1-35(13-5-16-39-20-35)43-34(46)48-19-4-10-23-25(37)12-11-22-8-3-9-24(26(22)23)29-28(38)30-27(32(40-29)47-2)31(45)42-33(41-30)49-21-36-14-6-17-44(36)18-7-15-36/h3,8-9,11-12,39H,4-7,10,13-21H2,1-2H3,(H,43,46)(H,41,42,45). The van der Waals surface area contributed by atoms with Gasteiger partial charge in [-0.3, -0.25) is 14.7 Å². The van der Waals surface area contributed by atoms with Gasteiger partial charge < -0.3 is 24.8 Å². The number of rotatable bonds is 10. The van der Waals surface area contributed by atoms with E-state index >= 15 is 8.78 Å². The number of fused-ring (bicyclic) bond motifs is 3. The second kappa shape index (κ2) is 13.5. The number of nitrogens with one attached hydrogen (secondary N) is 3. The van der Waals surface area contributed by atoms with Gasteiger partial charge in [0.05, 0.1) is 24.8 Å². The Morgan fingerprint density at radius 2 is 1.88 bits per heavy atom. The summed E-state index contributed by atoms with van der Waals surface area (Å²) in [5.74, 6) is -1.43. The number of methoxy groups -OCH3 is 1. The molecule has 0 aliphatic carbocycles. The molecule has 3 saturated heterocycles. The SMILES string of the molecule is COc1nc(-c2cccc3ccc(F)c(CCCOC(=O)NC4(C)CCCNC4)c23)c(F)c2nc(OCC34CCCN3CCC4)[nH]c(=O)c12. The fraction of sp³-hybridized carbons (Fsp3) is 0.500. The Morgan fingerprint density at radius 1 is 1.06 bits per heavy atom. The molecule has 5 heterocycles. The fourth-order valence-corrected chi connectivity index (χ4v) is 7.92. The molecule has 2 aromatic heterocycles. The normalized spacial score (nSPS) is 20.4. The van der Waals surface area contributed by atoms with Gasteiger partial charge in [0.1, 0.15) is 29.0 Å². The minimum Gasteiger partial charge on any atom is -0.480 e. The van der Waals surface area contributed by atoms with E-state index in [1.807, 2.05) is 13.0 Å². The highest BCUT2D eigenvalue weighted by Crippen LogP contribution is 2.40. The molecule has 1 atom stereocenters. The zero-order valence-electron chi connectivity index (χ0n) is 27.9. The molecule has 4 aromatic rings. The molecule has 3 aliphatic heterocycles. The molecule has 49 heavy (non-hydrogen) atoms. The van der Waals surface area contributed by atoms with Crippen LogP contribution in [0.2, 0.25) is 0 Å². The first-order chi connectivity index (χ1) is 23.7. The number of nitrogens with zero attached hydrogens (tertiary/aromatic N) is 3. The Hall–Kier alpha value is -4.36. The number of pyridine rings is 1. The van der Waals surface area contributed by atoms with Gasteiger partial charge in [0.15, 0.2) is 5.82 Å². The topological polar surface area (TPSA) is 131 Å². The van der Waals surface area contributed by atoms with Gasteiger partial charge in [0, 0.05) is 12.1 Å². The van der Waals surface area contributed by atoms with Crippen LogP contribution in [-0.4, -0.2) is 83.5 Å². The van der Waals surface area contributed by atoms with Crippen LogP contribution in [0.5, 0.6) is 11.9 Å². The molecular weight excluding hydrogens is 634 g/mol. The Morgan fingerprint density at radius 3 is 2.63 bits per heavy atom. The highest BCUT2D eigenvalue weighted by atomic mass is 19.1. The first kappa shape index (κ1) is 33.2. The average Bonchev–Trinajstić information content (AvgIpc) is 3.68. The summed E-state index contributed by atoms with van der Waals surface area (Å²) >= 11 is 0. The van der Waals surface area contributed by atoms with E-state index in [1.165, 1.54) is 13.2 Å². The number of carbonyl (C=O) groups excluding carboxylic acids is 1. The number of carbonyl (C=O) groups is 1. The molecular formula is C36H42F2N6O5. The number of alkyl carbamates (subject to hydrolysis) is 1. The summed E-state index contributed by atoms with van der Waals surface area (Å²) in [7, 11) is 1.34. The van der Waals surface area contributed by atoms with Gasteiger partial charge in [0.2, 0.25) is 5.88 Å². The van der Waals surface area contributed by atoms with Crippen molar-refractivity contribution in [3.05, 3.63) is 57.9 Å². The van der Waals surface area contributed by atoms with Crippen LogP contribution in [0, 0.1) is 11.6 Å². The third-order valence-electron chi connectivity index (χ3n) is 10.4. The molecule has 0 radical (unpaired) electrons. The maximum Gasteiger partial charge on any atom is 0.407 e. The van der Waals surface area contributed by atoms with Crippen LogP contribution in [0.3, 0.4) is 0 Å². The molecule has 3 aliphatic rings. The Balaban J connectivity index is 1.18. The minimum absolute atomic E-state index is 0.0677. The van der Waals surface area contributed by atoms with Gasteiger partial charge in [-0.05, 0) is 100 Å². The zero-order valence-corrected chi connectivity index (χ0v) is 27.9. The lowest BCUT2D eigenvalue weighted by Gasteiger charge is -2.34. The monoisotopic (exact) mass is 676 g/mol. The van der Waals surface area contributed by atoms with Crippen molar-refractivity contribution >= 4 is 27.8 Å². The largest absolute Gasteiger partial charge is 0.480 e. The molecule has 3 N–H and O–H groups in total. The van der Waals surface area contributed by atoms with Crippen molar-refractivity contribution in [1.82, 2.24) is 30.5 Å². The molecule has 11 nitrogen and oxygen atoms in total. The maximum absolute atomic E-state index is 16.6. The number of H-pyrrole nitrogens is 1. The average molecular weight is 677 g/mol. The van der Waals surface area contributed by atoms with Gasteiger partial charge >= 0.3 is 6.09 Å². The summed E-state index contributed by atoms with van der Waals surface area (Å²) in [6.07, 6.45) is 6.00. The summed E-state index contributed by atoms with van der Waals surface area (Å²) in [6, 6.07) is 8.12. The number of aryl methyl sites for hydroxylation is 1. The molecule has 0 saturated carbocycles. The molecule has 0 bridgehead atoms.